The number of nitrogens with zero attached hydrogens (tertiary/aromatic N) is 2. The van der Waals surface area contributed by atoms with Crippen LogP contribution < -0.4 is 4.74 Å². The Morgan fingerprint density at radius 1 is 1.23 bits per heavy atom. The lowest BCUT2D eigenvalue weighted by Crippen LogP contribution is -2.41. The first kappa shape index (κ1) is 22.7. The molecule has 2 aromatic carbocycles. The summed E-state index contributed by atoms with van der Waals surface area (Å²) in [6.07, 6.45) is 5.06. The van der Waals surface area contributed by atoms with E-state index in [0.717, 1.165) is 53.6 Å². The van der Waals surface area contributed by atoms with E-state index in [2.05, 4.69) is 27.2 Å². The van der Waals surface area contributed by atoms with Crippen molar-refractivity contribution in [1.29, 1.82) is 0 Å². The zero-order valence-electron chi connectivity index (χ0n) is 17.4. The fraction of sp³-hybridized carbons (Fsp3) is 0.391. The molecule has 1 atom stereocenters. The van der Waals surface area contributed by atoms with Crippen LogP contribution in [0.2, 0.25) is 0 Å². The van der Waals surface area contributed by atoms with Gasteiger partial charge in [-0.15, -0.1) is 0 Å². The molecule has 31 heavy (non-hydrogen) atoms. The van der Waals surface area contributed by atoms with Gasteiger partial charge in [-0.3, -0.25) is 9.89 Å². The SMILES string of the molecule is O=CO.OCC1CCN(CC(O)COc2ccc3ccccc3c2-c2cn[nH]c2)CC1. The van der Waals surface area contributed by atoms with Gasteiger partial charge in [0.1, 0.15) is 18.5 Å². The number of β-amino-alcohol motifs (C(OH)–C–C–N with tert-alkyl or cyclic N) is 1. The van der Waals surface area contributed by atoms with E-state index >= 15 is 0 Å². The maximum atomic E-state index is 10.5. The summed E-state index contributed by atoms with van der Waals surface area (Å²) in [5.74, 6) is 1.15. The lowest BCUT2D eigenvalue weighted by molar-refractivity contribution is -0.122. The number of aromatic nitrogens is 2. The maximum absolute atomic E-state index is 10.5. The molecule has 0 amide bonds. The molecular weight excluding hydrogens is 398 g/mol. The summed E-state index contributed by atoms with van der Waals surface area (Å²) >= 11 is 0. The Kier molecular flexibility index (Phi) is 8.40. The first-order chi connectivity index (χ1) is 15.2. The van der Waals surface area contributed by atoms with E-state index in [1.165, 1.54) is 0 Å². The molecule has 1 fully saturated rings. The van der Waals surface area contributed by atoms with Crippen molar-refractivity contribution in [1.82, 2.24) is 15.1 Å². The fourth-order valence-corrected chi connectivity index (χ4v) is 3.95. The quantitative estimate of drug-likeness (QED) is 0.428. The standard InChI is InChI=1S/C22H27N3O3.CH2O2/c26-14-16-7-9-25(10-8-16)13-19(27)15-28-21-6-5-17-3-1-2-4-20(17)22(21)18-11-23-24-12-18;2-1-3/h1-6,11-12,16,19,26-27H,7-10,13-15H2,(H,23,24);1H,(H,2,3). The summed E-state index contributed by atoms with van der Waals surface area (Å²) in [7, 11) is 0. The summed E-state index contributed by atoms with van der Waals surface area (Å²) in [6, 6.07) is 12.2. The van der Waals surface area contributed by atoms with Gasteiger partial charge in [0.15, 0.2) is 0 Å². The van der Waals surface area contributed by atoms with Gasteiger partial charge in [0.05, 0.1) is 6.20 Å². The first-order valence-electron chi connectivity index (χ1n) is 10.4. The Hall–Kier alpha value is -2.94. The van der Waals surface area contributed by atoms with Gasteiger partial charge in [-0.2, -0.15) is 5.10 Å². The number of likely N-dealkylation sites (tertiary alicyclic amines) is 1. The Bertz CT molecular complexity index is 940. The number of fused-ring (bicyclic) bond motifs is 1. The Morgan fingerprint density at radius 3 is 2.65 bits per heavy atom. The normalized spacial score (nSPS) is 15.8. The van der Waals surface area contributed by atoms with Crippen molar-refractivity contribution in [3.63, 3.8) is 0 Å². The molecule has 1 aromatic heterocycles. The van der Waals surface area contributed by atoms with E-state index in [9.17, 15) is 10.2 Å². The van der Waals surface area contributed by atoms with Gasteiger partial charge in [-0.25, -0.2) is 0 Å². The lowest BCUT2D eigenvalue weighted by Gasteiger charge is -2.32. The number of hydrogen-bond acceptors (Lipinski definition) is 6. The van der Waals surface area contributed by atoms with Crippen molar-refractivity contribution < 1.29 is 24.9 Å². The fourth-order valence-electron chi connectivity index (χ4n) is 3.95. The number of carbonyl (C=O) groups is 1. The smallest absolute Gasteiger partial charge is 0.290 e. The highest BCUT2D eigenvalue weighted by molar-refractivity contribution is 5.99. The summed E-state index contributed by atoms with van der Waals surface area (Å²) in [5, 5.41) is 35.8. The largest absolute Gasteiger partial charge is 0.490 e. The molecular formula is C23H29N3O5. The molecule has 0 aliphatic carbocycles. The van der Waals surface area contributed by atoms with Crippen LogP contribution in [0.5, 0.6) is 5.75 Å². The number of rotatable bonds is 7. The van der Waals surface area contributed by atoms with Gasteiger partial charge in [0, 0.05) is 30.5 Å². The summed E-state index contributed by atoms with van der Waals surface area (Å²) < 4.78 is 6.06. The van der Waals surface area contributed by atoms with E-state index in [0.29, 0.717) is 12.5 Å². The van der Waals surface area contributed by atoms with Crippen LogP contribution in [0.15, 0.2) is 48.8 Å². The molecule has 166 valence electrons. The average Bonchev–Trinajstić information content (AvgIpc) is 3.33. The van der Waals surface area contributed by atoms with E-state index in [1.807, 2.05) is 30.5 Å². The van der Waals surface area contributed by atoms with Gasteiger partial charge in [0.2, 0.25) is 0 Å². The zero-order chi connectivity index (χ0) is 22.1. The minimum atomic E-state index is -0.561. The van der Waals surface area contributed by atoms with Crippen molar-refractivity contribution in [2.24, 2.45) is 5.92 Å². The number of ether oxygens (including phenoxy) is 1. The third-order valence-corrected chi connectivity index (χ3v) is 5.54. The zero-order valence-corrected chi connectivity index (χ0v) is 17.4. The predicted octanol–water partition coefficient (Wildman–Crippen LogP) is 2.37. The van der Waals surface area contributed by atoms with Crippen molar-refractivity contribution >= 4 is 17.2 Å². The molecule has 8 nitrogen and oxygen atoms in total. The number of carboxylic acid groups (broad SMARTS) is 1. The summed E-state index contributed by atoms with van der Waals surface area (Å²) in [4.78, 5) is 10.6. The molecule has 1 aliphatic heterocycles. The van der Waals surface area contributed by atoms with Gasteiger partial charge < -0.3 is 25.0 Å². The number of hydrogen-bond donors (Lipinski definition) is 4. The van der Waals surface area contributed by atoms with Crippen molar-refractivity contribution in [3.05, 3.63) is 48.8 Å². The highest BCUT2D eigenvalue weighted by Crippen LogP contribution is 2.36. The second kappa shape index (κ2) is 11.5. The van der Waals surface area contributed by atoms with Gasteiger partial charge in [0.25, 0.3) is 6.47 Å². The van der Waals surface area contributed by atoms with Crippen LogP contribution in [0, 0.1) is 5.92 Å². The number of nitrogens with one attached hydrogen (secondary N) is 1. The van der Waals surface area contributed by atoms with E-state index < -0.39 is 6.10 Å². The molecule has 4 rings (SSSR count). The van der Waals surface area contributed by atoms with Crippen molar-refractivity contribution in [3.8, 4) is 16.9 Å². The maximum Gasteiger partial charge on any atom is 0.290 e. The van der Waals surface area contributed by atoms with Crippen LogP contribution >= 0.6 is 0 Å². The highest BCUT2D eigenvalue weighted by atomic mass is 16.5. The highest BCUT2D eigenvalue weighted by Gasteiger charge is 2.21. The van der Waals surface area contributed by atoms with E-state index in [1.54, 1.807) is 6.20 Å². The van der Waals surface area contributed by atoms with Crippen LogP contribution in [-0.4, -0.2) is 75.8 Å². The van der Waals surface area contributed by atoms with Gasteiger partial charge in [-0.05, 0) is 48.7 Å². The molecule has 8 heteroatoms. The molecule has 1 saturated heterocycles. The predicted molar refractivity (Wildman–Crippen MR) is 118 cm³/mol. The Balaban J connectivity index is 0.000000858. The summed E-state index contributed by atoms with van der Waals surface area (Å²) in [6.45, 7) is 2.67. The number of aliphatic hydroxyl groups is 2. The topological polar surface area (TPSA) is 119 Å². The number of benzene rings is 2. The Morgan fingerprint density at radius 2 is 1.97 bits per heavy atom. The van der Waals surface area contributed by atoms with Gasteiger partial charge in [-0.1, -0.05) is 30.3 Å². The number of aromatic amines is 1. The Labute approximate surface area is 181 Å². The molecule has 3 aromatic rings. The van der Waals surface area contributed by atoms with Crippen molar-refractivity contribution in [2.45, 2.75) is 18.9 Å². The molecule has 2 heterocycles. The number of H-pyrrole nitrogens is 1. The summed E-state index contributed by atoms with van der Waals surface area (Å²) in [5.41, 5.74) is 1.95. The second-order valence-electron chi connectivity index (χ2n) is 7.64. The third kappa shape index (κ3) is 6.04. The second-order valence-corrected chi connectivity index (χ2v) is 7.64. The van der Waals surface area contributed by atoms with Gasteiger partial charge >= 0.3 is 0 Å². The minimum absolute atomic E-state index is 0.239. The number of aliphatic hydroxyl groups excluding tert-OH is 2. The van der Waals surface area contributed by atoms with Crippen LogP contribution in [-0.2, 0) is 4.79 Å². The lowest BCUT2D eigenvalue weighted by atomic mass is 9.98. The van der Waals surface area contributed by atoms with Crippen LogP contribution in [0.4, 0.5) is 0 Å². The number of piperidine rings is 1. The average molecular weight is 428 g/mol. The molecule has 0 saturated carbocycles. The van der Waals surface area contributed by atoms with Crippen LogP contribution in [0.25, 0.3) is 21.9 Å². The first-order valence-corrected chi connectivity index (χ1v) is 10.4. The molecule has 1 unspecified atom stereocenters. The van der Waals surface area contributed by atoms with E-state index in [-0.39, 0.29) is 19.7 Å². The third-order valence-electron chi connectivity index (χ3n) is 5.54. The monoisotopic (exact) mass is 427 g/mol. The minimum Gasteiger partial charge on any atom is -0.490 e. The molecule has 0 bridgehead atoms. The molecule has 0 radical (unpaired) electrons. The molecule has 1 aliphatic rings. The van der Waals surface area contributed by atoms with Crippen molar-refractivity contribution in [2.75, 3.05) is 32.8 Å². The van der Waals surface area contributed by atoms with Crippen LogP contribution in [0.1, 0.15) is 12.8 Å². The molecule has 4 N–H and O–H groups in total. The molecule has 0 spiro atoms. The van der Waals surface area contributed by atoms with Crippen LogP contribution in [0.3, 0.4) is 0 Å². The van der Waals surface area contributed by atoms with E-state index in [4.69, 9.17) is 14.6 Å².